The van der Waals surface area contributed by atoms with Crippen LogP contribution in [0, 0.1) is 0 Å². The molecule has 0 aliphatic rings. The first-order valence-electron chi connectivity index (χ1n) is 10.0. The number of nitrogens with zero attached hydrogens (tertiary/aromatic N) is 4. The minimum absolute atomic E-state index is 0.136. The molecule has 3 aromatic heterocycles. The second kappa shape index (κ2) is 7.58. The van der Waals surface area contributed by atoms with Gasteiger partial charge in [-0.3, -0.25) is 4.79 Å². The lowest BCUT2D eigenvalue weighted by Gasteiger charge is -2.08. The Bertz CT molecular complexity index is 1450. The van der Waals surface area contributed by atoms with Crippen molar-refractivity contribution in [3.05, 3.63) is 60.6 Å². The molecule has 0 unspecified atom stereocenters. The van der Waals surface area contributed by atoms with Crippen molar-refractivity contribution in [1.82, 2.24) is 29.9 Å². The molecule has 0 aliphatic heterocycles. The van der Waals surface area contributed by atoms with Gasteiger partial charge in [-0.1, -0.05) is 18.2 Å². The third-order valence-electron chi connectivity index (χ3n) is 5.12. The Kier molecular flexibility index (Phi) is 4.59. The van der Waals surface area contributed by atoms with Gasteiger partial charge in [-0.2, -0.15) is 5.10 Å². The number of rotatable bonds is 5. The molecule has 0 fully saturated rings. The normalized spacial score (nSPS) is 11.2. The van der Waals surface area contributed by atoms with Crippen LogP contribution in [0.1, 0.15) is 17.3 Å². The highest BCUT2D eigenvalue weighted by Gasteiger charge is 2.21. The van der Waals surface area contributed by atoms with Crippen LogP contribution >= 0.6 is 0 Å². The average molecular weight is 428 g/mol. The van der Waals surface area contributed by atoms with E-state index in [0.717, 1.165) is 11.3 Å². The van der Waals surface area contributed by atoms with Gasteiger partial charge in [0.15, 0.2) is 5.82 Å². The number of aromatic amines is 1. The molecule has 2 aromatic carbocycles. The number of fused-ring (bicyclic) bond motifs is 2. The van der Waals surface area contributed by atoms with E-state index in [1.165, 1.54) is 6.33 Å². The number of hydrogen-bond acceptors (Lipinski definition) is 7. The van der Waals surface area contributed by atoms with Crippen molar-refractivity contribution in [2.24, 2.45) is 0 Å². The number of imidazole rings is 1. The smallest absolute Gasteiger partial charge is 0.253 e. The Morgan fingerprint density at radius 2 is 2.03 bits per heavy atom. The van der Waals surface area contributed by atoms with Crippen molar-refractivity contribution in [3.63, 3.8) is 0 Å². The number of amides is 1. The molecule has 32 heavy (non-hydrogen) atoms. The van der Waals surface area contributed by atoms with Crippen LogP contribution in [0.2, 0.25) is 0 Å². The number of hydrogen-bond donors (Lipinski definition) is 5. The number of H-pyrrole nitrogens is 1. The molecular formula is C22H20N8O2. The highest BCUT2D eigenvalue weighted by Crippen LogP contribution is 2.33. The number of para-hydroxylation sites is 1. The van der Waals surface area contributed by atoms with Gasteiger partial charge in [0, 0.05) is 24.0 Å². The number of nitrogen functional groups attached to an aromatic ring is 1. The third kappa shape index (κ3) is 3.23. The number of phenolic OH excluding ortho intramolecular Hbond substituents is 1. The Morgan fingerprint density at radius 1 is 1.22 bits per heavy atom. The zero-order valence-electron chi connectivity index (χ0n) is 17.1. The van der Waals surface area contributed by atoms with E-state index in [1.807, 2.05) is 37.3 Å². The van der Waals surface area contributed by atoms with Crippen LogP contribution in [0.4, 0.5) is 17.5 Å². The zero-order chi connectivity index (χ0) is 22.2. The van der Waals surface area contributed by atoms with Crippen LogP contribution in [0.25, 0.3) is 27.7 Å². The lowest BCUT2D eigenvalue weighted by molar-refractivity contribution is 0.0956. The second-order valence-corrected chi connectivity index (χ2v) is 7.17. The summed E-state index contributed by atoms with van der Waals surface area (Å²) < 4.78 is 1.56. The zero-order valence-corrected chi connectivity index (χ0v) is 17.1. The summed E-state index contributed by atoms with van der Waals surface area (Å²) in [6, 6.07) is 12.7. The van der Waals surface area contributed by atoms with Crippen LogP contribution < -0.4 is 16.4 Å². The molecule has 6 N–H and O–H groups in total. The molecule has 160 valence electrons. The predicted octanol–water partition coefficient (Wildman–Crippen LogP) is 3.05. The minimum atomic E-state index is -0.211. The molecule has 0 aliphatic carbocycles. The van der Waals surface area contributed by atoms with Crippen LogP contribution in [-0.2, 0) is 0 Å². The number of carbonyl (C=O) groups is 1. The van der Waals surface area contributed by atoms with Gasteiger partial charge in [0.05, 0.1) is 11.1 Å². The summed E-state index contributed by atoms with van der Waals surface area (Å²) in [4.78, 5) is 24.3. The number of nitrogens with two attached hydrogens (primary N) is 1. The first-order valence-corrected chi connectivity index (χ1v) is 10.0. The number of phenols is 1. The quantitative estimate of drug-likeness (QED) is 0.289. The van der Waals surface area contributed by atoms with Gasteiger partial charge in [-0.15, -0.1) is 0 Å². The average Bonchev–Trinajstić information content (AvgIpc) is 3.38. The van der Waals surface area contributed by atoms with Gasteiger partial charge < -0.3 is 26.5 Å². The fraction of sp³-hybridized carbons (Fsp3) is 0.0909. The maximum Gasteiger partial charge on any atom is 0.253 e. The van der Waals surface area contributed by atoms with Crippen molar-refractivity contribution < 1.29 is 9.90 Å². The molecule has 0 bridgehead atoms. The highest BCUT2D eigenvalue weighted by molar-refractivity contribution is 6.07. The van der Waals surface area contributed by atoms with Crippen LogP contribution in [0.15, 0.2) is 55.0 Å². The molecule has 0 saturated carbocycles. The van der Waals surface area contributed by atoms with E-state index in [0.29, 0.717) is 40.2 Å². The van der Waals surface area contributed by atoms with E-state index < -0.39 is 0 Å². The Labute approximate surface area is 182 Å². The van der Waals surface area contributed by atoms with Crippen molar-refractivity contribution >= 4 is 39.9 Å². The maximum absolute atomic E-state index is 12.7. The predicted molar refractivity (Wildman–Crippen MR) is 122 cm³/mol. The Hall–Kier alpha value is -4.60. The topological polar surface area (TPSA) is 146 Å². The molecule has 5 rings (SSSR count). The molecule has 5 aromatic rings. The number of benzene rings is 2. The van der Waals surface area contributed by atoms with Gasteiger partial charge in [-0.05, 0) is 36.8 Å². The molecule has 10 heteroatoms. The molecule has 0 spiro atoms. The fourth-order valence-electron chi connectivity index (χ4n) is 3.69. The minimum Gasteiger partial charge on any atom is -0.506 e. The van der Waals surface area contributed by atoms with E-state index in [2.05, 4.69) is 30.7 Å². The monoisotopic (exact) mass is 428 g/mol. The summed E-state index contributed by atoms with van der Waals surface area (Å²) in [7, 11) is 0. The van der Waals surface area contributed by atoms with Gasteiger partial charge >= 0.3 is 0 Å². The van der Waals surface area contributed by atoms with Crippen LogP contribution in [-0.4, -0.2) is 42.1 Å². The number of nitrogens with one attached hydrogen (secondary N) is 3. The number of anilines is 3. The van der Waals surface area contributed by atoms with Crippen molar-refractivity contribution in [1.29, 1.82) is 0 Å². The van der Waals surface area contributed by atoms with Gasteiger partial charge in [0.2, 0.25) is 5.95 Å². The first-order chi connectivity index (χ1) is 15.5. The van der Waals surface area contributed by atoms with Gasteiger partial charge in [0.1, 0.15) is 23.1 Å². The standard InChI is InChI=1S/C22H20N8O2/c1-2-24-21(32)14-10-30-19(20(23)25-11-26-30)17(14)12-6-8-13(9-7-12)27-22-28-15-4-3-5-16(31)18(15)29-22/h3-11,31H,2H2,1H3,(H,24,32)(H2,23,25,26)(H2,27,28,29). The van der Waals surface area contributed by atoms with E-state index in [9.17, 15) is 9.90 Å². The van der Waals surface area contributed by atoms with Crippen LogP contribution in [0.5, 0.6) is 5.75 Å². The third-order valence-corrected chi connectivity index (χ3v) is 5.12. The SMILES string of the molecule is CCNC(=O)c1cn2ncnc(N)c2c1-c1ccc(Nc2nc3cccc(O)c3[nH]2)cc1. The molecule has 3 heterocycles. The number of carbonyl (C=O) groups excluding carboxylic acids is 1. The molecule has 0 saturated heterocycles. The summed E-state index contributed by atoms with van der Waals surface area (Å²) in [5.41, 5.74) is 10.6. The highest BCUT2D eigenvalue weighted by atomic mass is 16.3. The largest absolute Gasteiger partial charge is 0.506 e. The van der Waals surface area contributed by atoms with E-state index >= 15 is 0 Å². The summed E-state index contributed by atoms with van der Waals surface area (Å²) in [5, 5.41) is 20.2. The van der Waals surface area contributed by atoms with E-state index in [4.69, 9.17) is 5.73 Å². The van der Waals surface area contributed by atoms with Crippen LogP contribution in [0.3, 0.4) is 0 Å². The van der Waals surface area contributed by atoms with Crippen molar-refractivity contribution in [2.75, 3.05) is 17.6 Å². The Balaban J connectivity index is 1.52. The number of aromatic hydroxyl groups is 1. The summed E-state index contributed by atoms with van der Waals surface area (Å²) in [6.07, 6.45) is 3.01. The van der Waals surface area contributed by atoms with Gasteiger partial charge in [0.25, 0.3) is 5.91 Å². The molecule has 0 radical (unpaired) electrons. The second-order valence-electron chi connectivity index (χ2n) is 7.17. The van der Waals surface area contributed by atoms with Crippen molar-refractivity contribution in [2.45, 2.75) is 6.92 Å². The summed E-state index contributed by atoms with van der Waals surface area (Å²) in [5.74, 6) is 0.715. The Morgan fingerprint density at radius 3 is 2.78 bits per heavy atom. The number of aromatic nitrogens is 5. The van der Waals surface area contributed by atoms with Gasteiger partial charge in [-0.25, -0.2) is 14.5 Å². The molecule has 10 nitrogen and oxygen atoms in total. The van der Waals surface area contributed by atoms with E-state index in [-0.39, 0.29) is 17.5 Å². The lowest BCUT2D eigenvalue weighted by atomic mass is 10.0. The molecular weight excluding hydrogens is 408 g/mol. The van der Waals surface area contributed by atoms with E-state index in [1.54, 1.807) is 22.8 Å². The molecule has 0 atom stereocenters. The molecule has 1 amide bonds. The fourth-order valence-corrected chi connectivity index (χ4v) is 3.69. The summed E-state index contributed by atoms with van der Waals surface area (Å²) in [6.45, 7) is 2.36. The van der Waals surface area contributed by atoms with Crippen molar-refractivity contribution in [3.8, 4) is 16.9 Å². The first kappa shape index (κ1) is 19.4. The lowest BCUT2D eigenvalue weighted by Crippen LogP contribution is -2.22. The summed E-state index contributed by atoms with van der Waals surface area (Å²) >= 11 is 0. The maximum atomic E-state index is 12.7.